The highest BCUT2D eigenvalue weighted by atomic mass is 31.2. The summed E-state index contributed by atoms with van der Waals surface area (Å²) < 4.78 is 68.7. The van der Waals surface area contributed by atoms with Crippen molar-refractivity contribution < 1.29 is 80.2 Å². The number of phosphoric ester groups is 2. The molecule has 0 heterocycles. The fourth-order valence-electron chi connectivity index (χ4n) is 12.3. The number of hydrogen-bond acceptors (Lipinski definition) is 15. The predicted molar refractivity (Wildman–Crippen MR) is 405 cm³/mol. The summed E-state index contributed by atoms with van der Waals surface area (Å²) in [5.74, 6) is 0.148. The number of phosphoric acid groups is 2. The summed E-state index contributed by atoms with van der Waals surface area (Å²) >= 11 is 0. The maximum atomic E-state index is 13.1. The Hall–Kier alpha value is -1.94. The number of carbonyl (C=O) groups is 4. The predicted octanol–water partition coefficient (Wildman–Crippen LogP) is 23.7. The molecule has 0 aliphatic carbocycles. The van der Waals surface area contributed by atoms with Gasteiger partial charge in [0, 0.05) is 25.7 Å². The molecule has 588 valence electrons. The number of ether oxygens (including phenoxy) is 4. The largest absolute Gasteiger partial charge is 0.472 e. The lowest BCUT2D eigenvalue weighted by molar-refractivity contribution is -0.161. The first-order chi connectivity index (χ1) is 47.7. The molecule has 0 radical (unpaired) electrons. The monoisotopic (exact) mass is 1450 g/mol. The topological polar surface area (TPSA) is 237 Å². The maximum absolute atomic E-state index is 13.1. The Balaban J connectivity index is 5.24. The summed E-state index contributed by atoms with van der Waals surface area (Å²) in [7, 11) is -9.92. The number of aliphatic hydroxyl groups excluding tert-OH is 1. The molecule has 19 heteroatoms. The normalized spacial score (nSPS) is 14.0. The lowest BCUT2D eigenvalue weighted by Crippen LogP contribution is -2.30. The van der Waals surface area contributed by atoms with E-state index in [0.29, 0.717) is 25.7 Å². The minimum Gasteiger partial charge on any atom is -0.462 e. The Morgan fingerprint density at radius 3 is 0.687 bits per heavy atom. The van der Waals surface area contributed by atoms with Gasteiger partial charge in [-0.2, -0.15) is 0 Å². The zero-order valence-electron chi connectivity index (χ0n) is 65.0. The van der Waals surface area contributed by atoms with Gasteiger partial charge in [0.05, 0.1) is 26.4 Å². The third-order valence-electron chi connectivity index (χ3n) is 18.6. The lowest BCUT2D eigenvalue weighted by Gasteiger charge is -2.21. The Morgan fingerprint density at radius 1 is 0.273 bits per heavy atom. The molecule has 5 atom stereocenters. The molecular weight excluding hydrogens is 1290 g/mol. The minimum atomic E-state index is -4.96. The third kappa shape index (κ3) is 74.1. The average molecular weight is 1450 g/mol. The van der Waals surface area contributed by atoms with E-state index in [9.17, 15) is 43.2 Å². The van der Waals surface area contributed by atoms with Crippen LogP contribution < -0.4 is 0 Å². The first kappa shape index (κ1) is 97.1. The molecule has 0 rings (SSSR count). The minimum absolute atomic E-state index is 0.105. The molecule has 2 unspecified atom stereocenters. The van der Waals surface area contributed by atoms with Crippen molar-refractivity contribution in [1.82, 2.24) is 0 Å². The van der Waals surface area contributed by atoms with Crippen LogP contribution in [0.3, 0.4) is 0 Å². The maximum Gasteiger partial charge on any atom is 0.472 e. The smallest absolute Gasteiger partial charge is 0.462 e. The van der Waals surface area contributed by atoms with Crippen molar-refractivity contribution in [2.24, 2.45) is 17.8 Å². The molecule has 0 saturated carbocycles. The van der Waals surface area contributed by atoms with E-state index in [1.54, 1.807) is 0 Å². The van der Waals surface area contributed by atoms with Crippen LogP contribution in [-0.2, 0) is 65.4 Å². The van der Waals surface area contributed by atoms with Crippen LogP contribution in [0.25, 0.3) is 0 Å². The van der Waals surface area contributed by atoms with Gasteiger partial charge in [-0.1, -0.05) is 363 Å². The van der Waals surface area contributed by atoms with E-state index >= 15 is 0 Å². The molecule has 0 bridgehead atoms. The summed E-state index contributed by atoms with van der Waals surface area (Å²) in [6.45, 7) is 11.9. The van der Waals surface area contributed by atoms with E-state index in [-0.39, 0.29) is 25.7 Å². The highest BCUT2D eigenvalue weighted by Crippen LogP contribution is 2.45. The van der Waals surface area contributed by atoms with E-state index in [1.165, 1.54) is 225 Å². The van der Waals surface area contributed by atoms with Gasteiger partial charge in [-0.25, -0.2) is 9.13 Å². The Labute approximate surface area is 607 Å². The van der Waals surface area contributed by atoms with Crippen LogP contribution >= 0.6 is 15.6 Å². The van der Waals surface area contributed by atoms with Crippen molar-refractivity contribution >= 4 is 39.5 Å². The van der Waals surface area contributed by atoms with Crippen LogP contribution in [0.2, 0.25) is 0 Å². The molecule has 0 aliphatic rings. The molecule has 0 aliphatic heterocycles. The summed E-state index contributed by atoms with van der Waals surface area (Å²) in [6, 6.07) is 0. The zero-order valence-corrected chi connectivity index (χ0v) is 66.8. The van der Waals surface area contributed by atoms with Gasteiger partial charge >= 0.3 is 39.5 Å². The lowest BCUT2D eigenvalue weighted by atomic mass is 10.0. The van der Waals surface area contributed by atoms with Crippen LogP contribution in [0.15, 0.2) is 0 Å². The van der Waals surface area contributed by atoms with Crippen molar-refractivity contribution in [3.8, 4) is 0 Å². The molecule has 99 heavy (non-hydrogen) atoms. The summed E-state index contributed by atoms with van der Waals surface area (Å²) in [6.07, 6.45) is 58.4. The Bertz CT molecular complexity index is 1920. The molecule has 0 amide bonds. The molecular formula is C80H156O17P2. The molecule has 3 N–H and O–H groups in total. The third-order valence-corrected chi connectivity index (χ3v) is 20.5. The Morgan fingerprint density at radius 2 is 0.465 bits per heavy atom. The second-order valence-electron chi connectivity index (χ2n) is 30.2. The fraction of sp³-hybridized carbons (Fsp3) is 0.950. The van der Waals surface area contributed by atoms with Crippen molar-refractivity contribution in [2.45, 2.75) is 433 Å². The zero-order chi connectivity index (χ0) is 73.0. The van der Waals surface area contributed by atoms with Crippen LogP contribution in [0, 0.1) is 17.8 Å². The average Bonchev–Trinajstić information content (AvgIpc) is 1.03. The van der Waals surface area contributed by atoms with Crippen molar-refractivity contribution in [1.29, 1.82) is 0 Å². The summed E-state index contributed by atoms with van der Waals surface area (Å²) in [4.78, 5) is 73.0. The van der Waals surface area contributed by atoms with Gasteiger partial charge in [0.2, 0.25) is 0 Å². The van der Waals surface area contributed by atoms with E-state index in [0.717, 1.165) is 108 Å². The van der Waals surface area contributed by atoms with Crippen molar-refractivity contribution in [3.63, 3.8) is 0 Å². The number of hydrogen-bond donors (Lipinski definition) is 3. The van der Waals surface area contributed by atoms with Gasteiger partial charge in [-0.3, -0.25) is 37.3 Å². The second-order valence-corrected chi connectivity index (χ2v) is 33.1. The standard InChI is InChI=1S/C80H156O17P2/c1-8-9-10-11-12-13-14-15-16-17-18-19-20-25-28-33-42-49-56-63-79(84)96-75(67-90-77(82)61-54-47-40-32-27-24-22-21-23-26-30-37-44-51-58-71(2)3)69-94-98(86,87)92-65-74(81)66-93-99(88,89)95-70-76(68-91-78(83)62-55-48-41-36-35-39-46-53-60-73(6)7)97-80(85)64-57-50-43-34-29-31-38-45-52-59-72(4)5/h71-76,81H,8-70H2,1-7H3,(H,86,87)(H,88,89)/t74-,75-,76-/m1/s1. The first-order valence-electron chi connectivity index (χ1n) is 41.3. The van der Waals surface area contributed by atoms with Gasteiger partial charge < -0.3 is 33.8 Å². The first-order valence-corrected chi connectivity index (χ1v) is 44.3. The quantitative estimate of drug-likeness (QED) is 0.0222. The fourth-order valence-corrected chi connectivity index (χ4v) is 13.9. The van der Waals surface area contributed by atoms with Crippen molar-refractivity contribution in [3.05, 3.63) is 0 Å². The van der Waals surface area contributed by atoms with Gasteiger partial charge in [0.1, 0.15) is 19.3 Å². The van der Waals surface area contributed by atoms with Gasteiger partial charge in [0.15, 0.2) is 12.2 Å². The van der Waals surface area contributed by atoms with Gasteiger partial charge in [-0.05, 0) is 43.4 Å². The molecule has 0 aromatic rings. The molecule has 0 aromatic carbocycles. The SMILES string of the molecule is CCCCCCCCCCCCCCCCCCCCCC(=O)O[C@H](COC(=O)CCCCCCCCCCCCCCCCC(C)C)COP(=O)(O)OC[C@@H](O)COP(=O)(O)OC[C@@H](COC(=O)CCCCCCCCCCC(C)C)OC(=O)CCCCCCCCCCCC(C)C. The van der Waals surface area contributed by atoms with E-state index in [2.05, 4.69) is 48.5 Å². The number of carbonyl (C=O) groups excluding carboxylic acids is 4. The second kappa shape index (κ2) is 70.4. The number of aliphatic hydroxyl groups is 1. The number of esters is 4. The summed E-state index contributed by atoms with van der Waals surface area (Å²) in [5, 5.41) is 10.6. The molecule has 0 spiro atoms. The van der Waals surface area contributed by atoms with E-state index in [4.69, 9.17) is 37.0 Å². The van der Waals surface area contributed by atoms with E-state index < -0.39 is 97.5 Å². The molecule has 17 nitrogen and oxygen atoms in total. The number of rotatable bonds is 78. The van der Waals surface area contributed by atoms with Crippen molar-refractivity contribution in [2.75, 3.05) is 39.6 Å². The van der Waals surface area contributed by atoms with Crippen LogP contribution in [-0.4, -0.2) is 96.7 Å². The molecule has 0 saturated heterocycles. The summed E-state index contributed by atoms with van der Waals surface area (Å²) in [5.41, 5.74) is 0. The Kier molecular flexibility index (Phi) is 69.0. The molecule has 0 fully saturated rings. The molecule has 0 aromatic heterocycles. The highest BCUT2D eigenvalue weighted by molar-refractivity contribution is 7.47. The van der Waals surface area contributed by atoms with Crippen LogP contribution in [0.4, 0.5) is 0 Å². The highest BCUT2D eigenvalue weighted by Gasteiger charge is 2.30. The van der Waals surface area contributed by atoms with Crippen LogP contribution in [0.5, 0.6) is 0 Å². The van der Waals surface area contributed by atoms with E-state index in [1.807, 2.05) is 0 Å². The van der Waals surface area contributed by atoms with Crippen LogP contribution in [0.1, 0.15) is 414 Å². The van der Waals surface area contributed by atoms with Gasteiger partial charge in [0.25, 0.3) is 0 Å². The van der Waals surface area contributed by atoms with Gasteiger partial charge in [-0.15, -0.1) is 0 Å². The number of unbranched alkanes of at least 4 members (excludes halogenated alkanes) is 46.